The zero-order valence-corrected chi connectivity index (χ0v) is 17.8. The van der Waals surface area contributed by atoms with Crippen molar-refractivity contribution >= 4 is 11.6 Å². The van der Waals surface area contributed by atoms with Crippen LogP contribution in [0.2, 0.25) is 0 Å². The van der Waals surface area contributed by atoms with Gasteiger partial charge in [-0.15, -0.1) is 0 Å². The summed E-state index contributed by atoms with van der Waals surface area (Å²) in [6.07, 6.45) is 2.44. The summed E-state index contributed by atoms with van der Waals surface area (Å²) in [5.74, 6) is -0.750. The lowest BCUT2D eigenvalue weighted by molar-refractivity contribution is 0.102. The lowest BCUT2D eigenvalue weighted by Crippen LogP contribution is -2.23. The van der Waals surface area contributed by atoms with E-state index in [-0.39, 0.29) is 17.1 Å². The van der Waals surface area contributed by atoms with Gasteiger partial charge in [0.25, 0.3) is 11.5 Å². The molecule has 0 saturated carbocycles. The Labute approximate surface area is 183 Å². The number of amides is 1. The minimum absolute atomic E-state index is 0.226. The number of nitrogens with zero attached hydrogens (tertiary/aromatic N) is 4. The molecule has 2 aromatic heterocycles. The third kappa shape index (κ3) is 3.15. The van der Waals surface area contributed by atoms with E-state index in [0.29, 0.717) is 22.8 Å². The molecule has 32 heavy (non-hydrogen) atoms. The Morgan fingerprint density at radius 1 is 1.03 bits per heavy atom. The number of para-hydroxylation sites is 1. The summed E-state index contributed by atoms with van der Waals surface area (Å²) in [4.78, 5) is 26.4. The fourth-order valence-electron chi connectivity index (χ4n) is 4.30. The van der Waals surface area contributed by atoms with Gasteiger partial charge in [-0.05, 0) is 62.6 Å². The minimum Gasteiger partial charge on any atom is -0.314 e. The number of aromatic nitrogens is 4. The lowest BCUT2D eigenvalue weighted by atomic mass is 10.2. The molecule has 0 fully saturated rings. The van der Waals surface area contributed by atoms with Crippen LogP contribution in [0.4, 0.5) is 10.1 Å². The normalized spacial score (nSPS) is 12.7. The predicted molar refractivity (Wildman–Crippen MR) is 119 cm³/mol. The molecule has 2 heterocycles. The first-order valence-electron chi connectivity index (χ1n) is 10.5. The van der Waals surface area contributed by atoms with Gasteiger partial charge in [0, 0.05) is 18.3 Å². The number of benzene rings is 2. The molecule has 0 unspecified atom stereocenters. The van der Waals surface area contributed by atoms with Crippen molar-refractivity contribution < 1.29 is 9.18 Å². The second kappa shape index (κ2) is 7.64. The van der Waals surface area contributed by atoms with Crippen LogP contribution in [0.1, 0.15) is 33.9 Å². The van der Waals surface area contributed by atoms with Crippen molar-refractivity contribution in [2.45, 2.75) is 26.2 Å². The molecule has 0 radical (unpaired) electrons. The first-order valence-corrected chi connectivity index (χ1v) is 10.5. The highest BCUT2D eigenvalue weighted by molar-refractivity contribution is 6.04. The summed E-state index contributed by atoms with van der Waals surface area (Å²) >= 11 is 0. The maximum Gasteiger partial charge on any atom is 0.295 e. The maximum absolute atomic E-state index is 13.4. The topological polar surface area (TPSA) is 73.8 Å². The van der Waals surface area contributed by atoms with Crippen LogP contribution in [0, 0.1) is 12.7 Å². The van der Waals surface area contributed by atoms with Crippen LogP contribution in [0.25, 0.3) is 11.4 Å². The second-order valence-corrected chi connectivity index (χ2v) is 7.91. The van der Waals surface area contributed by atoms with Crippen LogP contribution in [-0.2, 0) is 19.9 Å². The van der Waals surface area contributed by atoms with E-state index in [1.54, 1.807) is 35.5 Å². The largest absolute Gasteiger partial charge is 0.314 e. The Morgan fingerprint density at radius 2 is 1.75 bits per heavy atom. The SMILES string of the molecule is Cc1c(NC(=O)c2nn(-c3ccc(F)cc3)c3c2CCC3)c(=O)n(-c2ccccc2)n1C. The zero-order chi connectivity index (χ0) is 22.4. The Kier molecular flexibility index (Phi) is 4.77. The van der Waals surface area contributed by atoms with E-state index >= 15 is 0 Å². The molecule has 0 spiro atoms. The van der Waals surface area contributed by atoms with Crippen LogP contribution < -0.4 is 10.9 Å². The van der Waals surface area contributed by atoms with Crippen LogP contribution >= 0.6 is 0 Å². The summed E-state index contributed by atoms with van der Waals surface area (Å²) in [5.41, 5.74) is 4.11. The summed E-state index contributed by atoms with van der Waals surface area (Å²) in [6.45, 7) is 1.79. The number of nitrogens with one attached hydrogen (secondary N) is 1. The monoisotopic (exact) mass is 431 g/mol. The molecule has 1 amide bonds. The zero-order valence-electron chi connectivity index (χ0n) is 17.8. The number of carbonyl (C=O) groups excluding carboxylic acids is 1. The molecule has 0 bridgehead atoms. The van der Waals surface area contributed by atoms with E-state index in [1.165, 1.54) is 16.8 Å². The molecular formula is C24H22FN5O2. The molecule has 5 rings (SSSR count). The highest BCUT2D eigenvalue weighted by Gasteiger charge is 2.28. The molecule has 0 saturated heterocycles. The van der Waals surface area contributed by atoms with Gasteiger partial charge < -0.3 is 5.32 Å². The van der Waals surface area contributed by atoms with Crippen LogP contribution in [0.3, 0.4) is 0 Å². The number of halogens is 1. The molecule has 1 aliphatic rings. The standard InChI is InChI=1S/C24H22FN5O2/c1-15-21(24(32)30(28(15)2)18-7-4-3-5-8-18)26-23(31)22-19-9-6-10-20(19)29(27-22)17-13-11-16(25)12-14-17/h3-5,7-8,11-14H,6,9-10H2,1-2H3,(H,26,31). The molecule has 2 aromatic carbocycles. The maximum atomic E-state index is 13.4. The van der Waals surface area contributed by atoms with Gasteiger partial charge in [-0.25, -0.2) is 13.8 Å². The van der Waals surface area contributed by atoms with Crippen LogP contribution in [0.5, 0.6) is 0 Å². The molecule has 1 aliphatic carbocycles. The molecule has 8 heteroatoms. The summed E-state index contributed by atoms with van der Waals surface area (Å²) in [6, 6.07) is 15.3. The highest BCUT2D eigenvalue weighted by Crippen LogP contribution is 2.28. The Hall–Kier alpha value is -3.94. The average molecular weight is 431 g/mol. The number of hydrogen-bond acceptors (Lipinski definition) is 3. The fourth-order valence-corrected chi connectivity index (χ4v) is 4.30. The average Bonchev–Trinajstić information content (AvgIpc) is 3.46. The van der Waals surface area contributed by atoms with Gasteiger partial charge in [-0.1, -0.05) is 18.2 Å². The van der Waals surface area contributed by atoms with Gasteiger partial charge in [-0.3, -0.25) is 14.3 Å². The highest BCUT2D eigenvalue weighted by atomic mass is 19.1. The van der Waals surface area contributed by atoms with E-state index in [4.69, 9.17) is 0 Å². The Balaban J connectivity index is 1.53. The van der Waals surface area contributed by atoms with Crippen LogP contribution in [-0.4, -0.2) is 25.1 Å². The number of anilines is 1. The fraction of sp³-hybridized carbons (Fsp3) is 0.208. The first-order chi connectivity index (χ1) is 15.5. The summed E-state index contributed by atoms with van der Waals surface area (Å²) in [7, 11) is 1.78. The third-order valence-corrected chi connectivity index (χ3v) is 6.01. The predicted octanol–water partition coefficient (Wildman–Crippen LogP) is 3.55. The van der Waals surface area contributed by atoms with Gasteiger partial charge in [0.1, 0.15) is 11.5 Å². The van der Waals surface area contributed by atoms with E-state index in [2.05, 4.69) is 10.4 Å². The van der Waals surface area contributed by atoms with Crippen molar-refractivity contribution in [2.75, 3.05) is 5.32 Å². The van der Waals surface area contributed by atoms with Crippen LogP contribution in [0.15, 0.2) is 59.4 Å². The first kappa shape index (κ1) is 20.0. The van der Waals surface area contributed by atoms with E-state index in [1.807, 2.05) is 30.3 Å². The molecule has 4 aromatic rings. The number of carbonyl (C=O) groups is 1. The number of rotatable bonds is 4. The Morgan fingerprint density at radius 3 is 2.47 bits per heavy atom. The van der Waals surface area contributed by atoms with Gasteiger partial charge in [0.15, 0.2) is 5.69 Å². The van der Waals surface area contributed by atoms with Gasteiger partial charge in [0.2, 0.25) is 0 Å². The molecule has 7 nitrogen and oxygen atoms in total. The van der Waals surface area contributed by atoms with Crippen molar-refractivity contribution in [3.05, 3.63) is 93.4 Å². The molecule has 0 atom stereocenters. The van der Waals surface area contributed by atoms with Gasteiger partial charge >= 0.3 is 0 Å². The van der Waals surface area contributed by atoms with Crippen molar-refractivity contribution in [1.82, 2.24) is 19.1 Å². The van der Waals surface area contributed by atoms with E-state index < -0.39 is 5.91 Å². The van der Waals surface area contributed by atoms with E-state index in [9.17, 15) is 14.0 Å². The second-order valence-electron chi connectivity index (χ2n) is 7.91. The van der Waals surface area contributed by atoms with Gasteiger partial charge in [0.05, 0.1) is 17.1 Å². The molecule has 162 valence electrons. The molecule has 1 N–H and O–H groups in total. The van der Waals surface area contributed by atoms with Crippen molar-refractivity contribution in [3.8, 4) is 11.4 Å². The Bertz CT molecular complexity index is 1380. The third-order valence-electron chi connectivity index (χ3n) is 6.01. The number of fused-ring (bicyclic) bond motifs is 1. The van der Waals surface area contributed by atoms with Crippen molar-refractivity contribution in [1.29, 1.82) is 0 Å². The smallest absolute Gasteiger partial charge is 0.295 e. The minimum atomic E-state index is -0.421. The summed E-state index contributed by atoms with van der Waals surface area (Å²) < 4.78 is 18.3. The lowest BCUT2D eigenvalue weighted by Gasteiger charge is -2.07. The van der Waals surface area contributed by atoms with Gasteiger partial charge in [-0.2, -0.15) is 5.10 Å². The molecule has 0 aliphatic heterocycles. The van der Waals surface area contributed by atoms with Crippen molar-refractivity contribution in [3.63, 3.8) is 0 Å². The molecular weight excluding hydrogens is 409 g/mol. The summed E-state index contributed by atoms with van der Waals surface area (Å²) in [5, 5.41) is 7.34. The number of hydrogen-bond donors (Lipinski definition) is 1. The van der Waals surface area contributed by atoms with E-state index in [0.717, 1.165) is 30.5 Å². The van der Waals surface area contributed by atoms with Crippen molar-refractivity contribution in [2.24, 2.45) is 7.05 Å². The quantitative estimate of drug-likeness (QED) is 0.537.